The van der Waals surface area contributed by atoms with Gasteiger partial charge in [-0.15, -0.1) is 0 Å². The van der Waals surface area contributed by atoms with Gasteiger partial charge in [-0.3, -0.25) is 0 Å². The molecular weight excluding hydrogens is 140 g/mol. The maximum atomic E-state index is 5.73. The van der Waals surface area contributed by atoms with E-state index in [0.717, 1.165) is 32.7 Å². The first-order chi connectivity index (χ1) is 5.33. The van der Waals surface area contributed by atoms with Crippen LogP contribution in [0.1, 0.15) is 13.3 Å². The molecule has 0 aliphatic carbocycles. The number of rotatable bonds is 5. The lowest BCUT2D eigenvalue weighted by molar-refractivity contribution is -0.0774. The third kappa shape index (κ3) is 2.15. The van der Waals surface area contributed by atoms with Gasteiger partial charge in [0.25, 0.3) is 0 Å². The number of likely N-dealkylation sites (N-methyl/N-ethyl adjacent to an activating group) is 1. The second-order valence-corrected chi connectivity index (χ2v) is 3.17. The minimum atomic E-state index is 0.102. The monoisotopic (exact) mass is 158 g/mol. The number of hydrogen-bond donors (Lipinski definition) is 2. The average molecular weight is 158 g/mol. The summed E-state index contributed by atoms with van der Waals surface area (Å²) < 4.78 is 5.73. The van der Waals surface area contributed by atoms with Crippen molar-refractivity contribution in [3.05, 3.63) is 0 Å². The molecular formula is C8H18N2O. The molecule has 0 bridgehead atoms. The third-order valence-corrected chi connectivity index (χ3v) is 2.01. The SMILES string of the molecule is CCCOC1(CNC)CNC1. The van der Waals surface area contributed by atoms with Crippen molar-refractivity contribution in [2.75, 3.05) is 33.3 Å². The van der Waals surface area contributed by atoms with Crippen molar-refractivity contribution in [2.45, 2.75) is 18.9 Å². The van der Waals surface area contributed by atoms with Crippen LogP contribution in [0.25, 0.3) is 0 Å². The molecule has 0 aromatic heterocycles. The van der Waals surface area contributed by atoms with E-state index in [1.807, 2.05) is 7.05 Å². The molecule has 0 amide bonds. The van der Waals surface area contributed by atoms with Crippen LogP contribution in [0, 0.1) is 0 Å². The highest BCUT2D eigenvalue weighted by molar-refractivity contribution is 4.96. The van der Waals surface area contributed by atoms with Gasteiger partial charge in [0.2, 0.25) is 0 Å². The number of ether oxygens (including phenoxy) is 1. The summed E-state index contributed by atoms with van der Waals surface area (Å²) in [7, 11) is 1.97. The van der Waals surface area contributed by atoms with Crippen molar-refractivity contribution in [1.29, 1.82) is 0 Å². The van der Waals surface area contributed by atoms with Crippen molar-refractivity contribution < 1.29 is 4.74 Å². The molecule has 0 spiro atoms. The summed E-state index contributed by atoms with van der Waals surface area (Å²) in [5.41, 5.74) is 0.102. The Morgan fingerprint density at radius 1 is 1.55 bits per heavy atom. The highest BCUT2D eigenvalue weighted by Gasteiger charge is 2.36. The van der Waals surface area contributed by atoms with Crippen LogP contribution in [-0.2, 0) is 4.74 Å². The normalized spacial score (nSPS) is 21.3. The topological polar surface area (TPSA) is 33.3 Å². The fourth-order valence-corrected chi connectivity index (χ4v) is 1.32. The van der Waals surface area contributed by atoms with E-state index in [-0.39, 0.29) is 5.60 Å². The lowest BCUT2D eigenvalue weighted by atomic mass is 9.97. The van der Waals surface area contributed by atoms with E-state index in [1.165, 1.54) is 0 Å². The zero-order valence-corrected chi connectivity index (χ0v) is 7.44. The average Bonchev–Trinajstić information content (AvgIpc) is 1.95. The first kappa shape index (κ1) is 8.97. The zero-order chi connectivity index (χ0) is 8.16. The van der Waals surface area contributed by atoms with Gasteiger partial charge in [0.05, 0.1) is 0 Å². The number of hydrogen-bond acceptors (Lipinski definition) is 3. The first-order valence-electron chi connectivity index (χ1n) is 4.32. The zero-order valence-electron chi connectivity index (χ0n) is 7.44. The van der Waals surface area contributed by atoms with Gasteiger partial charge in [-0.1, -0.05) is 6.92 Å². The van der Waals surface area contributed by atoms with Crippen molar-refractivity contribution in [3.63, 3.8) is 0 Å². The molecule has 0 atom stereocenters. The van der Waals surface area contributed by atoms with E-state index in [1.54, 1.807) is 0 Å². The summed E-state index contributed by atoms with van der Waals surface area (Å²) in [6.07, 6.45) is 1.10. The second-order valence-electron chi connectivity index (χ2n) is 3.17. The second kappa shape index (κ2) is 4.04. The van der Waals surface area contributed by atoms with Crippen molar-refractivity contribution >= 4 is 0 Å². The molecule has 0 saturated carbocycles. The molecule has 66 valence electrons. The lowest BCUT2D eigenvalue weighted by Crippen LogP contribution is -2.65. The van der Waals surface area contributed by atoms with Crippen molar-refractivity contribution in [1.82, 2.24) is 10.6 Å². The Labute approximate surface area is 68.5 Å². The van der Waals surface area contributed by atoms with E-state index in [9.17, 15) is 0 Å². The minimum Gasteiger partial charge on any atom is -0.371 e. The highest BCUT2D eigenvalue weighted by atomic mass is 16.5. The summed E-state index contributed by atoms with van der Waals surface area (Å²) in [6, 6.07) is 0. The van der Waals surface area contributed by atoms with Gasteiger partial charge in [0, 0.05) is 26.2 Å². The van der Waals surface area contributed by atoms with Crippen LogP contribution < -0.4 is 10.6 Å². The Hall–Kier alpha value is -0.120. The molecule has 1 aliphatic heterocycles. The predicted octanol–water partition coefficient (Wildman–Crippen LogP) is -0.0256. The van der Waals surface area contributed by atoms with E-state index < -0.39 is 0 Å². The van der Waals surface area contributed by atoms with E-state index in [0.29, 0.717) is 0 Å². The fraction of sp³-hybridized carbons (Fsp3) is 1.00. The molecule has 0 unspecified atom stereocenters. The molecule has 2 N–H and O–H groups in total. The van der Waals surface area contributed by atoms with E-state index >= 15 is 0 Å². The third-order valence-electron chi connectivity index (χ3n) is 2.01. The molecule has 1 heterocycles. The molecule has 11 heavy (non-hydrogen) atoms. The van der Waals surface area contributed by atoms with Crippen LogP contribution >= 0.6 is 0 Å². The van der Waals surface area contributed by atoms with E-state index in [2.05, 4.69) is 17.6 Å². The summed E-state index contributed by atoms with van der Waals surface area (Å²) in [5.74, 6) is 0. The maximum Gasteiger partial charge on any atom is 0.105 e. The van der Waals surface area contributed by atoms with Crippen LogP contribution in [0.3, 0.4) is 0 Å². The van der Waals surface area contributed by atoms with E-state index in [4.69, 9.17) is 4.74 Å². The van der Waals surface area contributed by atoms with Gasteiger partial charge in [0.15, 0.2) is 0 Å². The van der Waals surface area contributed by atoms with Gasteiger partial charge in [0.1, 0.15) is 5.60 Å². The van der Waals surface area contributed by atoms with Crippen LogP contribution in [0.4, 0.5) is 0 Å². The van der Waals surface area contributed by atoms with Gasteiger partial charge in [-0.2, -0.15) is 0 Å². The standard InChI is InChI=1S/C8H18N2O/c1-3-4-11-8(5-9-2)6-10-7-8/h9-10H,3-7H2,1-2H3. The van der Waals surface area contributed by atoms with Gasteiger partial charge in [-0.25, -0.2) is 0 Å². The molecule has 0 aromatic carbocycles. The van der Waals surface area contributed by atoms with Crippen molar-refractivity contribution in [2.24, 2.45) is 0 Å². The first-order valence-corrected chi connectivity index (χ1v) is 4.32. The Morgan fingerprint density at radius 3 is 2.64 bits per heavy atom. The van der Waals surface area contributed by atoms with Gasteiger partial charge in [-0.05, 0) is 13.5 Å². The van der Waals surface area contributed by atoms with Crippen LogP contribution in [0.15, 0.2) is 0 Å². The molecule has 1 rings (SSSR count). The summed E-state index contributed by atoms with van der Waals surface area (Å²) >= 11 is 0. The Balaban J connectivity index is 2.22. The molecule has 3 heteroatoms. The minimum absolute atomic E-state index is 0.102. The molecule has 1 aliphatic rings. The maximum absolute atomic E-state index is 5.73. The molecule has 1 saturated heterocycles. The summed E-state index contributed by atoms with van der Waals surface area (Å²) in [5, 5.41) is 6.39. The Morgan fingerprint density at radius 2 is 2.27 bits per heavy atom. The molecule has 0 aromatic rings. The van der Waals surface area contributed by atoms with Crippen LogP contribution in [-0.4, -0.2) is 38.9 Å². The lowest BCUT2D eigenvalue weighted by Gasteiger charge is -2.42. The quantitative estimate of drug-likeness (QED) is 0.589. The van der Waals surface area contributed by atoms with Crippen molar-refractivity contribution in [3.8, 4) is 0 Å². The predicted molar refractivity (Wildman–Crippen MR) is 45.8 cm³/mol. The summed E-state index contributed by atoms with van der Waals surface area (Å²) in [6.45, 7) is 5.96. The Kier molecular flexibility index (Phi) is 3.30. The van der Waals surface area contributed by atoms with Crippen LogP contribution in [0.5, 0.6) is 0 Å². The number of nitrogens with one attached hydrogen (secondary N) is 2. The smallest absolute Gasteiger partial charge is 0.105 e. The van der Waals surface area contributed by atoms with Gasteiger partial charge >= 0.3 is 0 Å². The van der Waals surface area contributed by atoms with Gasteiger partial charge < -0.3 is 15.4 Å². The molecule has 3 nitrogen and oxygen atoms in total. The molecule has 0 radical (unpaired) electrons. The highest BCUT2D eigenvalue weighted by Crippen LogP contribution is 2.15. The summed E-state index contributed by atoms with van der Waals surface area (Å²) in [4.78, 5) is 0. The Bertz CT molecular complexity index is 113. The fourth-order valence-electron chi connectivity index (χ4n) is 1.32. The van der Waals surface area contributed by atoms with Crippen LogP contribution in [0.2, 0.25) is 0 Å². The molecule has 1 fully saturated rings. The largest absolute Gasteiger partial charge is 0.371 e.